The lowest BCUT2D eigenvalue weighted by Crippen LogP contribution is -3.10. The summed E-state index contributed by atoms with van der Waals surface area (Å²) >= 11 is 0. The van der Waals surface area contributed by atoms with Gasteiger partial charge in [0, 0.05) is 30.0 Å². The van der Waals surface area contributed by atoms with Gasteiger partial charge in [0.1, 0.15) is 6.04 Å². The van der Waals surface area contributed by atoms with Gasteiger partial charge in [-0.25, -0.2) is 0 Å². The van der Waals surface area contributed by atoms with E-state index in [-0.39, 0.29) is 11.9 Å². The maximum atomic E-state index is 12.4. The standard InChI is InChI=1S/C21H27N3O2/c1-17(18-6-4-3-5-7-18)23(2)16-21(25)22-19-8-10-20(11-9-19)24-12-14-26-15-13-24/h3-11,17H,12-16H2,1-2H3,(H,22,25)/p+1/t17-/m1/s1. The SMILES string of the molecule is C[C@H](c1ccccc1)[NH+](C)CC(=O)Nc1ccc(N2CCOCC2)cc1. The van der Waals surface area contributed by atoms with Crippen LogP contribution in [0.25, 0.3) is 0 Å². The van der Waals surface area contributed by atoms with E-state index < -0.39 is 0 Å². The second-order valence-corrected chi connectivity index (χ2v) is 6.85. The first-order valence-electron chi connectivity index (χ1n) is 9.23. The molecule has 0 spiro atoms. The van der Waals surface area contributed by atoms with E-state index in [0.29, 0.717) is 6.54 Å². The number of nitrogens with zero attached hydrogens (tertiary/aromatic N) is 1. The number of hydrogen-bond acceptors (Lipinski definition) is 3. The maximum Gasteiger partial charge on any atom is 0.279 e. The molecular weight excluding hydrogens is 326 g/mol. The molecule has 1 unspecified atom stereocenters. The van der Waals surface area contributed by atoms with Crippen LogP contribution in [0.3, 0.4) is 0 Å². The molecule has 0 aromatic heterocycles. The van der Waals surface area contributed by atoms with E-state index in [1.54, 1.807) is 0 Å². The van der Waals surface area contributed by atoms with Crippen molar-refractivity contribution in [2.45, 2.75) is 13.0 Å². The van der Waals surface area contributed by atoms with E-state index in [0.717, 1.165) is 32.0 Å². The second kappa shape index (κ2) is 8.83. The summed E-state index contributed by atoms with van der Waals surface area (Å²) in [6.07, 6.45) is 0. The molecule has 5 nitrogen and oxygen atoms in total. The van der Waals surface area contributed by atoms with Crippen molar-refractivity contribution in [3.05, 3.63) is 60.2 Å². The normalized spacial score (nSPS) is 16.8. The summed E-state index contributed by atoms with van der Waals surface area (Å²) in [6.45, 7) is 5.95. The number of hydrogen-bond donors (Lipinski definition) is 2. The molecule has 26 heavy (non-hydrogen) atoms. The third kappa shape index (κ3) is 4.84. The van der Waals surface area contributed by atoms with Gasteiger partial charge in [0.05, 0.1) is 20.3 Å². The highest BCUT2D eigenvalue weighted by molar-refractivity contribution is 5.91. The fourth-order valence-electron chi connectivity index (χ4n) is 3.21. The molecule has 2 aromatic rings. The van der Waals surface area contributed by atoms with Crippen LogP contribution in [-0.4, -0.2) is 45.8 Å². The Morgan fingerprint density at radius 3 is 2.42 bits per heavy atom. The van der Waals surface area contributed by atoms with Gasteiger partial charge < -0.3 is 19.9 Å². The molecule has 1 aliphatic rings. The molecule has 138 valence electrons. The molecule has 5 heteroatoms. The number of benzene rings is 2. The summed E-state index contributed by atoms with van der Waals surface area (Å²) in [7, 11) is 2.05. The molecule has 1 heterocycles. The largest absolute Gasteiger partial charge is 0.378 e. The van der Waals surface area contributed by atoms with Crippen LogP contribution in [0.4, 0.5) is 11.4 Å². The Bertz CT molecular complexity index is 697. The van der Waals surface area contributed by atoms with Gasteiger partial charge in [0.15, 0.2) is 6.54 Å². The monoisotopic (exact) mass is 354 g/mol. The van der Waals surface area contributed by atoms with E-state index in [9.17, 15) is 4.79 Å². The minimum absolute atomic E-state index is 0.0319. The molecule has 3 rings (SSSR count). The number of anilines is 2. The topological polar surface area (TPSA) is 46.0 Å². The van der Waals surface area contributed by atoms with Gasteiger partial charge in [-0.3, -0.25) is 4.79 Å². The van der Waals surface area contributed by atoms with Crippen molar-refractivity contribution in [2.24, 2.45) is 0 Å². The summed E-state index contributed by atoms with van der Waals surface area (Å²) in [5.74, 6) is 0.0319. The minimum atomic E-state index is 0.0319. The van der Waals surface area contributed by atoms with E-state index >= 15 is 0 Å². The lowest BCUT2D eigenvalue weighted by molar-refractivity contribution is -0.902. The summed E-state index contributed by atoms with van der Waals surface area (Å²) < 4.78 is 5.38. The molecule has 1 amide bonds. The number of rotatable bonds is 6. The van der Waals surface area contributed by atoms with Crippen LogP contribution in [0.1, 0.15) is 18.5 Å². The lowest BCUT2D eigenvalue weighted by Gasteiger charge is -2.29. The number of quaternary nitrogens is 1. The van der Waals surface area contributed by atoms with Crippen LogP contribution in [0.5, 0.6) is 0 Å². The number of carbonyl (C=O) groups is 1. The third-order valence-electron chi connectivity index (χ3n) is 5.01. The Hall–Kier alpha value is -2.37. The molecule has 1 saturated heterocycles. The highest BCUT2D eigenvalue weighted by Gasteiger charge is 2.18. The molecule has 2 N–H and O–H groups in total. The van der Waals surface area contributed by atoms with Gasteiger partial charge in [0.2, 0.25) is 0 Å². The Morgan fingerprint density at radius 2 is 1.77 bits per heavy atom. The van der Waals surface area contributed by atoms with E-state index in [1.807, 2.05) is 30.3 Å². The number of morpholine rings is 1. The molecule has 1 fully saturated rings. The van der Waals surface area contributed by atoms with Gasteiger partial charge in [-0.2, -0.15) is 0 Å². The van der Waals surface area contributed by atoms with Crippen molar-refractivity contribution in [3.8, 4) is 0 Å². The van der Waals surface area contributed by atoms with Crippen LogP contribution in [0, 0.1) is 0 Å². The number of likely N-dealkylation sites (N-methyl/N-ethyl adjacent to an activating group) is 1. The summed E-state index contributed by atoms with van der Waals surface area (Å²) in [6, 6.07) is 18.6. The van der Waals surface area contributed by atoms with Crippen LogP contribution in [-0.2, 0) is 9.53 Å². The van der Waals surface area contributed by atoms with Crippen LogP contribution in [0.2, 0.25) is 0 Å². The lowest BCUT2D eigenvalue weighted by atomic mass is 10.1. The predicted molar refractivity (Wildman–Crippen MR) is 105 cm³/mol. The van der Waals surface area contributed by atoms with Crippen molar-refractivity contribution < 1.29 is 14.4 Å². The van der Waals surface area contributed by atoms with Crippen LogP contribution < -0.4 is 15.1 Å². The Balaban J connectivity index is 1.52. The smallest absolute Gasteiger partial charge is 0.279 e. The fourth-order valence-corrected chi connectivity index (χ4v) is 3.21. The van der Waals surface area contributed by atoms with Crippen molar-refractivity contribution in [1.29, 1.82) is 0 Å². The summed E-state index contributed by atoms with van der Waals surface area (Å²) in [5, 5.41) is 3.01. The van der Waals surface area contributed by atoms with Gasteiger partial charge in [-0.15, -0.1) is 0 Å². The van der Waals surface area contributed by atoms with Gasteiger partial charge in [-0.05, 0) is 31.2 Å². The Kier molecular flexibility index (Phi) is 6.26. The van der Waals surface area contributed by atoms with E-state index in [4.69, 9.17) is 4.74 Å². The third-order valence-corrected chi connectivity index (χ3v) is 5.01. The predicted octanol–water partition coefficient (Wildman–Crippen LogP) is 1.74. The molecule has 0 bridgehead atoms. The number of carbonyl (C=O) groups excluding carboxylic acids is 1. The molecule has 2 aromatic carbocycles. The maximum absolute atomic E-state index is 12.4. The zero-order valence-electron chi connectivity index (χ0n) is 15.6. The zero-order chi connectivity index (χ0) is 18.4. The fraction of sp³-hybridized carbons (Fsp3) is 0.381. The van der Waals surface area contributed by atoms with Crippen LogP contribution in [0.15, 0.2) is 54.6 Å². The highest BCUT2D eigenvalue weighted by Crippen LogP contribution is 2.18. The average Bonchev–Trinajstić information content (AvgIpc) is 2.69. The first kappa shape index (κ1) is 18.4. The average molecular weight is 354 g/mol. The van der Waals surface area contributed by atoms with Gasteiger partial charge >= 0.3 is 0 Å². The Labute approximate surface area is 155 Å². The quantitative estimate of drug-likeness (QED) is 0.831. The first-order valence-corrected chi connectivity index (χ1v) is 9.23. The zero-order valence-corrected chi connectivity index (χ0v) is 15.6. The summed E-state index contributed by atoms with van der Waals surface area (Å²) in [4.78, 5) is 15.9. The molecule has 1 aliphatic heterocycles. The van der Waals surface area contributed by atoms with E-state index in [2.05, 4.69) is 48.5 Å². The van der Waals surface area contributed by atoms with Crippen molar-refractivity contribution in [1.82, 2.24) is 0 Å². The Morgan fingerprint density at radius 1 is 1.12 bits per heavy atom. The number of nitrogens with one attached hydrogen (secondary N) is 2. The van der Waals surface area contributed by atoms with E-state index in [1.165, 1.54) is 16.2 Å². The van der Waals surface area contributed by atoms with Crippen molar-refractivity contribution in [2.75, 3.05) is 50.1 Å². The van der Waals surface area contributed by atoms with Gasteiger partial charge in [-0.1, -0.05) is 30.3 Å². The molecule has 0 saturated carbocycles. The van der Waals surface area contributed by atoms with Crippen LogP contribution >= 0.6 is 0 Å². The minimum Gasteiger partial charge on any atom is -0.378 e. The van der Waals surface area contributed by atoms with Crippen molar-refractivity contribution in [3.63, 3.8) is 0 Å². The second-order valence-electron chi connectivity index (χ2n) is 6.85. The molecule has 2 atom stereocenters. The number of ether oxygens (including phenoxy) is 1. The highest BCUT2D eigenvalue weighted by atomic mass is 16.5. The number of amides is 1. The molecule has 0 radical (unpaired) electrons. The molecular formula is C21H28N3O2+. The first-order chi connectivity index (χ1) is 12.6. The van der Waals surface area contributed by atoms with Gasteiger partial charge in [0.25, 0.3) is 5.91 Å². The van der Waals surface area contributed by atoms with Crippen molar-refractivity contribution >= 4 is 17.3 Å². The molecule has 0 aliphatic carbocycles. The summed E-state index contributed by atoms with van der Waals surface area (Å²) in [5.41, 5.74) is 3.26.